The van der Waals surface area contributed by atoms with Gasteiger partial charge in [0.25, 0.3) is 0 Å². The first-order valence-electron chi connectivity index (χ1n) is 6.55. The molecule has 0 aliphatic heterocycles. The molecule has 98 valence electrons. The molecule has 1 aliphatic carbocycles. The van der Waals surface area contributed by atoms with Gasteiger partial charge in [-0.25, -0.2) is 0 Å². The predicted molar refractivity (Wildman–Crippen MR) is 75.5 cm³/mol. The molecule has 1 atom stereocenters. The second-order valence-electron chi connectivity index (χ2n) is 4.95. The van der Waals surface area contributed by atoms with Gasteiger partial charge in [-0.15, -0.1) is 0 Å². The molecule has 3 heteroatoms. The van der Waals surface area contributed by atoms with Crippen LogP contribution in [0.5, 0.6) is 0 Å². The summed E-state index contributed by atoms with van der Waals surface area (Å²) in [5.41, 5.74) is 1.07. The van der Waals surface area contributed by atoms with Crippen LogP contribution in [0.2, 0.25) is 0 Å². The molecule has 0 spiro atoms. The van der Waals surface area contributed by atoms with Crippen LogP contribution in [0, 0.1) is 5.92 Å². The van der Waals surface area contributed by atoms with Crippen LogP contribution in [0.15, 0.2) is 28.7 Å². The maximum Gasteiger partial charge on any atom is 0.313 e. The first-order valence-corrected chi connectivity index (χ1v) is 7.35. The second-order valence-corrected chi connectivity index (χ2v) is 5.87. The number of hydrogen-bond donors (Lipinski definition) is 0. The van der Waals surface area contributed by atoms with Gasteiger partial charge in [0.05, 0.1) is 13.0 Å². The summed E-state index contributed by atoms with van der Waals surface area (Å²) in [6.07, 6.45) is 6.01. The number of carbonyl (C=O) groups is 1. The molecule has 1 fully saturated rings. The van der Waals surface area contributed by atoms with Crippen LogP contribution >= 0.6 is 15.9 Å². The molecule has 0 N–H and O–H groups in total. The van der Waals surface area contributed by atoms with Crippen molar-refractivity contribution in [3.8, 4) is 0 Å². The van der Waals surface area contributed by atoms with Crippen molar-refractivity contribution in [1.29, 1.82) is 0 Å². The van der Waals surface area contributed by atoms with Crippen molar-refractivity contribution in [3.05, 3.63) is 34.3 Å². The highest BCUT2D eigenvalue weighted by Crippen LogP contribution is 2.37. The quantitative estimate of drug-likeness (QED) is 0.779. The molecule has 1 aliphatic rings. The zero-order chi connectivity index (χ0) is 13.0. The van der Waals surface area contributed by atoms with E-state index in [9.17, 15) is 4.79 Å². The number of carbonyl (C=O) groups excluding carboxylic acids is 1. The lowest BCUT2D eigenvalue weighted by Crippen LogP contribution is -2.25. The van der Waals surface area contributed by atoms with Crippen molar-refractivity contribution in [3.63, 3.8) is 0 Å². The smallest absolute Gasteiger partial charge is 0.313 e. The van der Waals surface area contributed by atoms with Gasteiger partial charge in [-0.05, 0) is 36.5 Å². The topological polar surface area (TPSA) is 26.3 Å². The minimum Gasteiger partial charge on any atom is -0.469 e. The second kappa shape index (κ2) is 6.37. The molecule has 0 saturated heterocycles. The average Bonchev–Trinajstić information content (AvgIpc) is 2.40. The number of hydrogen-bond acceptors (Lipinski definition) is 2. The first kappa shape index (κ1) is 13.6. The number of benzene rings is 1. The average molecular weight is 311 g/mol. The summed E-state index contributed by atoms with van der Waals surface area (Å²) >= 11 is 3.47. The van der Waals surface area contributed by atoms with Gasteiger partial charge in [-0.3, -0.25) is 4.79 Å². The van der Waals surface area contributed by atoms with Crippen LogP contribution in [-0.2, 0) is 9.53 Å². The Morgan fingerprint density at radius 2 is 2.06 bits per heavy atom. The summed E-state index contributed by atoms with van der Waals surface area (Å²) in [4.78, 5) is 12.1. The molecule has 0 unspecified atom stereocenters. The van der Waals surface area contributed by atoms with Crippen molar-refractivity contribution in [2.75, 3.05) is 7.11 Å². The lowest BCUT2D eigenvalue weighted by molar-refractivity contribution is -0.144. The van der Waals surface area contributed by atoms with E-state index in [1.807, 2.05) is 24.3 Å². The van der Waals surface area contributed by atoms with E-state index in [-0.39, 0.29) is 11.9 Å². The van der Waals surface area contributed by atoms with Gasteiger partial charge in [0.15, 0.2) is 0 Å². The van der Waals surface area contributed by atoms with Gasteiger partial charge >= 0.3 is 5.97 Å². The third kappa shape index (κ3) is 3.14. The monoisotopic (exact) mass is 310 g/mol. The normalized spacial score (nSPS) is 18.3. The number of ether oxygens (including phenoxy) is 1. The zero-order valence-electron chi connectivity index (χ0n) is 10.7. The van der Waals surface area contributed by atoms with Crippen LogP contribution in [0.3, 0.4) is 0 Å². The number of esters is 1. The Balaban J connectivity index is 2.26. The molecule has 1 saturated carbocycles. The summed E-state index contributed by atoms with van der Waals surface area (Å²) in [7, 11) is 1.48. The summed E-state index contributed by atoms with van der Waals surface area (Å²) in [5.74, 6) is 0.230. The van der Waals surface area contributed by atoms with Crippen molar-refractivity contribution < 1.29 is 9.53 Å². The highest BCUT2D eigenvalue weighted by Gasteiger charge is 2.31. The fraction of sp³-hybridized carbons (Fsp3) is 0.533. The Bertz CT molecular complexity index is 411. The van der Waals surface area contributed by atoms with Gasteiger partial charge in [0.1, 0.15) is 0 Å². The molecule has 2 nitrogen and oxygen atoms in total. The molecule has 18 heavy (non-hydrogen) atoms. The Morgan fingerprint density at radius 1 is 1.33 bits per heavy atom. The van der Waals surface area contributed by atoms with Crippen LogP contribution < -0.4 is 0 Å². The first-order chi connectivity index (χ1) is 8.72. The van der Waals surface area contributed by atoms with Crippen molar-refractivity contribution in [1.82, 2.24) is 0 Å². The molecular formula is C15H19BrO2. The SMILES string of the molecule is COC(=O)[C@@H](c1cccc(Br)c1)C1CCCCC1. The van der Waals surface area contributed by atoms with Gasteiger partial charge in [0.2, 0.25) is 0 Å². The maximum absolute atomic E-state index is 12.1. The Kier molecular flexibility index (Phi) is 4.81. The molecule has 0 heterocycles. The Hall–Kier alpha value is -0.830. The van der Waals surface area contributed by atoms with Gasteiger partial charge in [0, 0.05) is 4.47 Å². The minimum absolute atomic E-state index is 0.0972. The van der Waals surface area contributed by atoms with Crippen LogP contribution in [0.1, 0.15) is 43.6 Å². The molecule has 0 amide bonds. The van der Waals surface area contributed by atoms with E-state index in [2.05, 4.69) is 15.9 Å². The van der Waals surface area contributed by atoms with E-state index < -0.39 is 0 Å². The number of methoxy groups -OCH3 is 1. The van der Waals surface area contributed by atoms with Gasteiger partial charge in [-0.1, -0.05) is 47.3 Å². The van der Waals surface area contributed by atoms with E-state index in [0.717, 1.165) is 22.9 Å². The molecule has 1 aromatic carbocycles. The number of rotatable bonds is 3. The van der Waals surface area contributed by atoms with E-state index >= 15 is 0 Å². The molecule has 1 aromatic rings. The van der Waals surface area contributed by atoms with Gasteiger partial charge < -0.3 is 4.74 Å². The van der Waals surface area contributed by atoms with E-state index in [1.165, 1.54) is 26.4 Å². The van der Waals surface area contributed by atoms with Crippen molar-refractivity contribution >= 4 is 21.9 Å². The van der Waals surface area contributed by atoms with Crippen LogP contribution in [0.4, 0.5) is 0 Å². The van der Waals surface area contributed by atoms with Crippen molar-refractivity contribution in [2.24, 2.45) is 5.92 Å². The summed E-state index contributed by atoms with van der Waals surface area (Å²) in [6, 6.07) is 8.04. The summed E-state index contributed by atoms with van der Waals surface area (Å²) in [5, 5.41) is 0. The zero-order valence-corrected chi connectivity index (χ0v) is 12.3. The highest BCUT2D eigenvalue weighted by molar-refractivity contribution is 9.10. The lowest BCUT2D eigenvalue weighted by atomic mass is 9.77. The molecule has 0 aromatic heterocycles. The summed E-state index contributed by atoms with van der Waals surface area (Å²) < 4.78 is 6.02. The highest BCUT2D eigenvalue weighted by atomic mass is 79.9. The third-order valence-corrected chi connectivity index (χ3v) is 4.28. The van der Waals surface area contributed by atoms with E-state index in [4.69, 9.17) is 4.74 Å². The Labute approximate surface area is 117 Å². The molecule has 2 rings (SSSR count). The van der Waals surface area contributed by atoms with Gasteiger partial charge in [-0.2, -0.15) is 0 Å². The fourth-order valence-electron chi connectivity index (χ4n) is 2.90. The maximum atomic E-state index is 12.1. The molecule has 0 radical (unpaired) electrons. The van der Waals surface area contributed by atoms with Crippen molar-refractivity contribution in [2.45, 2.75) is 38.0 Å². The lowest BCUT2D eigenvalue weighted by Gasteiger charge is -2.28. The number of halogens is 1. The van der Waals surface area contributed by atoms with Crippen LogP contribution in [0.25, 0.3) is 0 Å². The third-order valence-electron chi connectivity index (χ3n) is 3.78. The minimum atomic E-state index is -0.104. The fourth-order valence-corrected chi connectivity index (χ4v) is 3.31. The largest absolute Gasteiger partial charge is 0.469 e. The predicted octanol–water partition coefficient (Wildman–Crippen LogP) is 4.29. The molecular weight excluding hydrogens is 292 g/mol. The summed E-state index contributed by atoms with van der Waals surface area (Å²) in [6.45, 7) is 0. The van der Waals surface area contributed by atoms with E-state index in [0.29, 0.717) is 5.92 Å². The Morgan fingerprint density at radius 3 is 2.67 bits per heavy atom. The molecule has 0 bridgehead atoms. The standard InChI is InChI=1S/C15H19BrO2/c1-18-15(17)14(11-6-3-2-4-7-11)12-8-5-9-13(16)10-12/h5,8-11,14H,2-4,6-7H2,1H3/t14-/m1/s1. The van der Waals surface area contributed by atoms with E-state index in [1.54, 1.807) is 0 Å². The van der Waals surface area contributed by atoms with Crippen LogP contribution in [-0.4, -0.2) is 13.1 Å².